The zero-order valence-electron chi connectivity index (χ0n) is 11.9. The van der Waals surface area contributed by atoms with Gasteiger partial charge in [-0.15, -0.1) is 11.6 Å². The SMILES string of the molecule is N#CN(C(=O)OCc1ccccc1)C1CCC(CCl)CC1. The summed E-state index contributed by atoms with van der Waals surface area (Å²) in [5.74, 6) is 1.15. The number of hydrogen-bond acceptors (Lipinski definition) is 3. The van der Waals surface area contributed by atoms with Gasteiger partial charge in [-0.1, -0.05) is 30.3 Å². The average Bonchev–Trinajstić information content (AvgIpc) is 2.55. The molecule has 1 aliphatic rings. The Bertz CT molecular complexity index is 493. The molecule has 21 heavy (non-hydrogen) atoms. The van der Waals surface area contributed by atoms with E-state index in [4.69, 9.17) is 16.3 Å². The van der Waals surface area contributed by atoms with Crippen molar-refractivity contribution in [1.29, 1.82) is 5.26 Å². The van der Waals surface area contributed by atoms with Gasteiger partial charge in [-0.25, -0.2) is 9.69 Å². The summed E-state index contributed by atoms with van der Waals surface area (Å²) in [6, 6.07) is 9.39. The van der Waals surface area contributed by atoms with Gasteiger partial charge in [0.25, 0.3) is 0 Å². The maximum atomic E-state index is 12.1. The van der Waals surface area contributed by atoms with Gasteiger partial charge in [0.15, 0.2) is 6.19 Å². The average molecular weight is 307 g/mol. The first-order chi connectivity index (χ1) is 10.2. The van der Waals surface area contributed by atoms with Gasteiger partial charge in [-0.2, -0.15) is 5.26 Å². The molecule has 0 N–H and O–H groups in total. The largest absolute Gasteiger partial charge is 0.444 e. The van der Waals surface area contributed by atoms with E-state index in [9.17, 15) is 10.1 Å². The van der Waals surface area contributed by atoms with Crippen molar-refractivity contribution in [2.75, 3.05) is 5.88 Å². The summed E-state index contributed by atoms with van der Waals surface area (Å²) < 4.78 is 5.23. The van der Waals surface area contributed by atoms with Crippen LogP contribution in [0.25, 0.3) is 0 Å². The van der Waals surface area contributed by atoms with Gasteiger partial charge in [-0.05, 0) is 37.2 Å². The van der Waals surface area contributed by atoms with Crippen LogP contribution in [0.15, 0.2) is 30.3 Å². The standard InChI is InChI=1S/C16H19ClN2O2/c17-10-13-6-8-15(9-7-13)19(12-18)16(20)21-11-14-4-2-1-3-5-14/h1-5,13,15H,6-11H2. The van der Waals surface area contributed by atoms with Crippen molar-refractivity contribution < 1.29 is 9.53 Å². The van der Waals surface area contributed by atoms with E-state index in [0.717, 1.165) is 31.2 Å². The maximum Gasteiger partial charge on any atom is 0.423 e. The fourth-order valence-electron chi connectivity index (χ4n) is 2.62. The highest BCUT2D eigenvalue weighted by Gasteiger charge is 2.29. The number of halogens is 1. The van der Waals surface area contributed by atoms with Gasteiger partial charge in [0.1, 0.15) is 6.61 Å². The second-order valence-electron chi connectivity index (χ2n) is 5.34. The summed E-state index contributed by atoms with van der Waals surface area (Å²) in [5, 5.41) is 9.22. The summed E-state index contributed by atoms with van der Waals surface area (Å²) in [5.41, 5.74) is 0.912. The molecule has 1 fully saturated rings. The topological polar surface area (TPSA) is 53.3 Å². The normalized spacial score (nSPS) is 21.3. The Morgan fingerprint density at radius 2 is 1.95 bits per heavy atom. The lowest BCUT2D eigenvalue weighted by atomic mass is 9.87. The minimum absolute atomic E-state index is 0.0576. The lowest BCUT2D eigenvalue weighted by Gasteiger charge is -2.31. The number of benzene rings is 1. The Morgan fingerprint density at radius 3 is 2.52 bits per heavy atom. The predicted octanol–water partition coefficient (Wildman–Crippen LogP) is 3.90. The fourth-order valence-corrected chi connectivity index (χ4v) is 2.93. The summed E-state index contributed by atoms with van der Waals surface area (Å²) >= 11 is 5.85. The highest BCUT2D eigenvalue weighted by atomic mass is 35.5. The van der Waals surface area contributed by atoms with Crippen molar-refractivity contribution >= 4 is 17.7 Å². The molecular weight excluding hydrogens is 288 g/mol. The molecule has 1 amide bonds. The predicted molar refractivity (Wildman–Crippen MR) is 80.5 cm³/mol. The highest BCUT2D eigenvalue weighted by Crippen LogP contribution is 2.28. The Hall–Kier alpha value is -1.73. The number of amides is 1. The monoisotopic (exact) mass is 306 g/mol. The Morgan fingerprint density at radius 1 is 1.29 bits per heavy atom. The lowest BCUT2D eigenvalue weighted by Crippen LogP contribution is -2.39. The van der Waals surface area contributed by atoms with Crippen LogP contribution >= 0.6 is 11.6 Å². The van der Waals surface area contributed by atoms with Crippen molar-refractivity contribution in [3.05, 3.63) is 35.9 Å². The number of carbonyl (C=O) groups excluding carboxylic acids is 1. The molecule has 0 heterocycles. The molecule has 1 aliphatic carbocycles. The van der Waals surface area contributed by atoms with Crippen LogP contribution < -0.4 is 0 Å². The molecule has 1 aromatic carbocycles. The number of ether oxygens (including phenoxy) is 1. The lowest BCUT2D eigenvalue weighted by molar-refractivity contribution is 0.0918. The van der Waals surface area contributed by atoms with E-state index in [2.05, 4.69) is 0 Å². The minimum Gasteiger partial charge on any atom is -0.444 e. The van der Waals surface area contributed by atoms with Crippen LogP contribution in [-0.2, 0) is 11.3 Å². The third-order valence-corrected chi connectivity index (χ3v) is 4.35. The molecule has 0 unspecified atom stereocenters. The van der Waals surface area contributed by atoms with Crippen LogP contribution in [0.3, 0.4) is 0 Å². The van der Waals surface area contributed by atoms with Gasteiger partial charge < -0.3 is 4.74 Å². The number of nitriles is 1. The third kappa shape index (κ3) is 4.37. The quantitative estimate of drug-likeness (QED) is 0.481. The van der Waals surface area contributed by atoms with Crippen molar-refractivity contribution in [1.82, 2.24) is 4.90 Å². The molecule has 0 bridgehead atoms. The van der Waals surface area contributed by atoms with E-state index in [1.54, 1.807) is 0 Å². The molecule has 1 aromatic rings. The first-order valence-corrected chi connectivity index (χ1v) is 7.73. The number of alkyl halides is 1. The smallest absolute Gasteiger partial charge is 0.423 e. The van der Waals surface area contributed by atoms with Crippen LogP contribution in [0.2, 0.25) is 0 Å². The van der Waals surface area contributed by atoms with Crippen LogP contribution in [0, 0.1) is 17.4 Å². The maximum absolute atomic E-state index is 12.1. The van der Waals surface area contributed by atoms with E-state index in [-0.39, 0.29) is 12.6 Å². The van der Waals surface area contributed by atoms with Crippen molar-refractivity contribution in [3.63, 3.8) is 0 Å². The highest BCUT2D eigenvalue weighted by molar-refractivity contribution is 6.18. The van der Waals surface area contributed by atoms with E-state index < -0.39 is 6.09 Å². The molecule has 112 valence electrons. The van der Waals surface area contributed by atoms with E-state index in [1.165, 1.54) is 4.90 Å². The molecule has 4 nitrogen and oxygen atoms in total. The number of nitrogens with zero attached hydrogens (tertiary/aromatic N) is 2. The second-order valence-corrected chi connectivity index (χ2v) is 5.65. The Kier molecular flexibility index (Phi) is 5.89. The number of carbonyl (C=O) groups is 1. The third-order valence-electron chi connectivity index (χ3n) is 3.91. The fraction of sp³-hybridized carbons (Fsp3) is 0.500. The summed E-state index contributed by atoms with van der Waals surface area (Å²) in [7, 11) is 0. The summed E-state index contributed by atoms with van der Waals surface area (Å²) in [4.78, 5) is 13.2. The van der Waals surface area contributed by atoms with Crippen LogP contribution in [0.5, 0.6) is 0 Å². The summed E-state index contributed by atoms with van der Waals surface area (Å²) in [6.45, 7) is 0.189. The van der Waals surface area contributed by atoms with E-state index in [0.29, 0.717) is 11.8 Å². The Labute approximate surface area is 130 Å². The van der Waals surface area contributed by atoms with Gasteiger partial charge >= 0.3 is 6.09 Å². The van der Waals surface area contributed by atoms with Gasteiger partial charge in [0.2, 0.25) is 0 Å². The molecule has 2 rings (SSSR count). The first kappa shape index (κ1) is 15.7. The van der Waals surface area contributed by atoms with Crippen LogP contribution in [0.4, 0.5) is 4.79 Å². The molecule has 0 atom stereocenters. The molecular formula is C16H19ClN2O2. The first-order valence-electron chi connectivity index (χ1n) is 7.20. The molecule has 1 saturated carbocycles. The zero-order chi connectivity index (χ0) is 15.1. The number of rotatable bonds is 4. The van der Waals surface area contributed by atoms with Gasteiger partial charge in [-0.3, -0.25) is 0 Å². The van der Waals surface area contributed by atoms with Crippen LogP contribution in [-0.4, -0.2) is 22.9 Å². The summed E-state index contributed by atoms with van der Waals surface area (Å²) in [6.07, 6.45) is 4.94. The number of hydrogen-bond donors (Lipinski definition) is 0. The van der Waals surface area contributed by atoms with Crippen LogP contribution in [0.1, 0.15) is 31.2 Å². The minimum atomic E-state index is -0.560. The van der Waals surface area contributed by atoms with Crippen molar-refractivity contribution in [2.45, 2.75) is 38.3 Å². The van der Waals surface area contributed by atoms with Gasteiger partial charge in [0, 0.05) is 5.88 Å². The molecule has 0 aromatic heterocycles. The zero-order valence-corrected chi connectivity index (χ0v) is 12.6. The molecule has 0 radical (unpaired) electrons. The van der Waals surface area contributed by atoms with Crippen molar-refractivity contribution in [2.24, 2.45) is 5.92 Å². The van der Waals surface area contributed by atoms with Gasteiger partial charge in [0.05, 0.1) is 6.04 Å². The van der Waals surface area contributed by atoms with Crippen molar-refractivity contribution in [3.8, 4) is 6.19 Å². The molecule has 0 spiro atoms. The van der Waals surface area contributed by atoms with E-state index in [1.807, 2.05) is 36.5 Å². The Balaban J connectivity index is 1.86. The molecule has 0 saturated heterocycles. The molecule has 5 heteroatoms. The molecule has 0 aliphatic heterocycles. The second kappa shape index (κ2) is 7.90. The van der Waals surface area contributed by atoms with E-state index >= 15 is 0 Å².